The number of halogens is 1. The van der Waals surface area contributed by atoms with Crippen molar-refractivity contribution >= 4 is 34.5 Å². The van der Waals surface area contributed by atoms with Gasteiger partial charge in [0.1, 0.15) is 0 Å². The Morgan fingerprint density at radius 1 is 1.04 bits per heavy atom. The molecule has 0 aliphatic rings. The summed E-state index contributed by atoms with van der Waals surface area (Å²) in [7, 11) is 0. The molecule has 2 aromatic heterocycles. The lowest BCUT2D eigenvalue weighted by atomic mass is 10.1. The smallest absolute Gasteiger partial charge is 0.258 e. The number of carbonyl (C=O) groups is 1. The summed E-state index contributed by atoms with van der Waals surface area (Å²) in [6, 6.07) is 19.3. The van der Waals surface area contributed by atoms with Gasteiger partial charge in [-0.3, -0.25) is 15.1 Å². The normalized spacial score (nSPS) is 10.9. The van der Waals surface area contributed by atoms with Crippen molar-refractivity contribution in [2.24, 2.45) is 0 Å². The molecule has 2 heterocycles. The highest BCUT2D eigenvalue weighted by atomic mass is 35.5. The molecule has 0 saturated heterocycles. The van der Waals surface area contributed by atoms with Gasteiger partial charge in [0.15, 0.2) is 0 Å². The Labute approximate surface area is 168 Å². The highest BCUT2D eigenvalue weighted by Crippen LogP contribution is 2.24. The fourth-order valence-electron chi connectivity index (χ4n) is 3.19. The molecule has 0 aliphatic carbocycles. The molecule has 0 bridgehead atoms. The topological polar surface area (TPSA) is 59.8 Å². The van der Waals surface area contributed by atoms with E-state index >= 15 is 0 Å². The minimum absolute atomic E-state index is 0.215. The molecule has 0 radical (unpaired) electrons. The first-order chi connectivity index (χ1) is 13.7. The van der Waals surface area contributed by atoms with Crippen LogP contribution in [0.2, 0.25) is 5.02 Å². The zero-order valence-electron chi connectivity index (χ0n) is 15.2. The van der Waals surface area contributed by atoms with Gasteiger partial charge in [-0.1, -0.05) is 41.9 Å². The molecule has 6 heteroatoms. The van der Waals surface area contributed by atoms with Gasteiger partial charge in [0.05, 0.1) is 11.0 Å². The molecule has 0 saturated carbocycles. The zero-order chi connectivity index (χ0) is 19.3. The standard InChI is InChI=1S/C22H19ClN4O/c23-18-8-9-20-19(15-18)25-22(26-21(28)17-10-12-24-13-11-17)27(20)14-4-7-16-5-2-1-3-6-16/h1-3,5-6,8-13,15H,4,7,14H2,(H,25,26,28). The predicted octanol–water partition coefficient (Wildman–Crippen LogP) is 4.97. The molecule has 140 valence electrons. The molecule has 0 aliphatic heterocycles. The third-order valence-electron chi connectivity index (χ3n) is 4.57. The molecule has 1 N–H and O–H groups in total. The molecule has 1 amide bonds. The average molecular weight is 391 g/mol. The van der Waals surface area contributed by atoms with Crippen molar-refractivity contribution in [1.82, 2.24) is 14.5 Å². The molecule has 0 atom stereocenters. The summed E-state index contributed by atoms with van der Waals surface area (Å²) in [5.74, 6) is 0.306. The predicted molar refractivity (Wildman–Crippen MR) is 112 cm³/mol. The van der Waals surface area contributed by atoms with Crippen molar-refractivity contribution in [3.8, 4) is 0 Å². The Hall–Kier alpha value is -3.18. The largest absolute Gasteiger partial charge is 0.310 e. The maximum atomic E-state index is 12.6. The number of carbonyl (C=O) groups excluding carboxylic acids is 1. The first kappa shape index (κ1) is 18.2. The number of pyridine rings is 1. The molecular weight excluding hydrogens is 372 g/mol. The van der Waals surface area contributed by atoms with Crippen LogP contribution >= 0.6 is 11.6 Å². The summed E-state index contributed by atoms with van der Waals surface area (Å²) in [5.41, 5.74) is 3.54. The van der Waals surface area contributed by atoms with Gasteiger partial charge in [0.2, 0.25) is 5.95 Å². The van der Waals surface area contributed by atoms with Crippen molar-refractivity contribution < 1.29 is 4.79 Å². The van der Waals surface area contributed by atoms with E-state index in [1.54, 1.807) is 24.5 Å². The van der Waals surface area contributed by atoms with Crippen LogP contribution in [0, 0.1) is 0 Å². The maximum absolute atomic E-state index is 12.6. The first-order valence-electron chi connectivity index (χ1n) is 9.12. The van der Waals surface area contributed by atoms with Crippen LogP contribution in [0.3, 0.4) is 0 Å². The Balaban J connectivity index is 1.59. The van der Waals surface area contributed by atoms with Crippen LogP contribution in [0.25, 0.3) is 11.0 Å². The number of rotatable bonds is 6. The maximum Gasteiger partial charge on any atom is 0.258 e. The second-order valence-electron chi connectivity index (χ2n) is 6.50. The van der Waals surface area contributed by atoms with Crippen LogP contribution in [0.1, 0.15) is 22.3 Å². The van der Waals surface area contributed by atoms with Gasteiger partial charge >= 0.3 is 0 Å². The molecular formula is C22H19ClN4O. The van der Waals surface area contributed by atoms with Gasteiger partial charge in [-0.2, -0.15) is 0 Å². The van der Waals surface area contributed by atoms with E-state index in [1.165, 1.54) is 5.56 Å². The van der Waals surface area contributed by atoms with Crippen LogP contribution in [0.4, 0.5) is 5.95 Å². The summed E-state index contributed by atoms with van der Waals surface area (Å²) >= 11 is 6.12. The summed E-state index contributed by atoms with van der Waals surface area (Å²) < 4.78 is 2.04. The van der Waals surface area contributed by atoms with E-state index in [0.29, 0.717) is 16.5 Å². The van der Waals surface area contributed by atoms with Gasteiger partial charge < -0.3 is 4.57 Å². The number of imidazole rings is 1. The number of amides is 1. The van der Waals surface area contributed by atoms with Gasteiger partial charge in [-0.05, 0) is 48.7 Å². The van der Waals surface area contributed by atoms with Gasteiger partial charge in [-0.15, -0.1) is 0 Å². The van der Waals surface area contributed by atoms with Crippen LogP contribution in [0.5, 0.6) is 0 Å². The lowest BCUT2D eigenvalue weighted by Gasteiger charge is -2.10. The number of nitrogens with one attached hydrogen (secondary N) is 1. The molecule has 0 unspecified atom stereocenters. The summed E-state index contributed by atoms with van der Waals surface area (Å²) in [5, 5.41) is 3.55. The molecule has 0 spiro atoms. The van der Waals surface area contributed by atoms with E-state index in [9.17, 15) is 4.79 Å². The highest BCUT2D eigenvalue weighted by molar-refractivity contribution is 6.31. The Morgan fingerprint density at radius 3 is 2.61 bits per heavy atom. The molecule has 4 aromatic rings. The van der Waals surface area contributed by atoms with E-state index in [1.807, 2.05) is 41.0 Å². The van der Waals surface area contributed by atoms with E-state index in [2.05, 4.69) is 27.4 Å². The number of anilines is 1. The fraction of sp³-hybridized carbons (Fsp3) is 0.136. The minimum Gasteiger partial charge on any atom is -0.310 e. The SMILES string of the molecule is O=C(Nc1nc2cc(Cl)ccc2n1CCCc1ccccc1)c1ccncc1. The summed E-state index contributed by atoms with van der Waals surface area (Å²) in [6.07, 6.45) is 5.07. The Morgan fingerprint density at radius 2 is 1.82 bits per heavy atom. The van der Waals surface area contributed by atoms with Gasteiger partial charge in [0.25, 0.3) is 5.91 Å². The zero-order valence-corrected chi connectivity index (χ0v) is 15.9. The molecule has 5 nitrogen and oxygen atoms in total. The number of aryl methyl sites for hydroxylation is 2. The first-order valence-corrected chi connectivity index (χ1v) is 9.49. The van der Waals surface area contributed by atoms with E-state index < -0.39 is 0 Å². The number of nitrogens with zero attached hydrogens (tertiary/aromatic N) is 3. The monoisotopic (exact) mass is 390 g/mol. The number of benzene rings is 2. The van der Waals surface area contributed by atoms with Crippen LogP contribution in [0.15, 0.2) is 73.1 Å². The molecule has 2 aromatic carbocycles. The van der Waals surface area contributed by atoms with Crippen molar-refractivity contribution in [3.05, 3.63) is 89.2 Å². The lowest BCUT2D eigenvalue weighted by Crippen LogP contribution is -2.16. The van der Waals surface area contributed by atoms with Gasteiger partial charge in [-0.25, -0.2) is 4.98 Å². The molecule has 4 rings (SSSR count). The number of aromatic nitrogens is 3. The van der Waals surface area contributed by atoms with Crippen LogP contribution in [-0.4, -0.2) is 20.4 Å². The Bertz CT molecular complexity index is 1090. The van der Waals surface area contributed by atoms with Crippen molar-refractivity contribution in [1.29, 1.82) is 0 Å². The second kappa shape index (κ2) is 8.23. The molecule has 0 fully saturated rings. The number of hydrogen-bond acceptors (Lipinski definition) is 3. The lowest BCUT2D eigenvalue weighted by molar-refractivity contribution is 0.102. The Kier molecular flexibility index (Phi) is 5.35. The van der Waals surface area contributed by atoms with Crippen molar-refractivity contribution in [2.45, 2.75) is 19.4 Å². The van der Waals surface area contributed by atoms with E-state index in [0.717, 1.165) is 30.4 Å². The van der Waals surface area contributed by atoms with Crippen molar-refractivity contribution in [2.75, 3.05) is 5.32 Å². The third kappa shape index (κ3) is 4.05. The summed E-state index contributed by atoms with van der Waals surface area (Å²) in [4.78, 5) is 21.1. The van der Waals surface area contributed by atoms with E-state index in [4.69, 9.17) is 11.6 Å². The van der Waals surface area contributed by atoms with E-state index in [-0.39, 0.29) is 5.91 Å². The second-order valence-corrected chi connectivity index (χ2v) is 6.94. The highest BCUT2D eigenvalue weighted by Gasteiger charge is 2.14. The quantitative estimate of drug-likeness (QED) is 0.505. The van der Waals surface area contributed by atoms with Crippen LogP contribution in [-0.2, 0) is 13.0 Å². The van der Waals surface area contributed by atoms with Crippen LogP contribution < -0.4 is 5.32 Å². The van der Waals surface area contributed by atoms with Crippen molar-refractivity contribution in [3.63, 3.8) is 0 Å². The number of hydrogen-bond donors (Lipinski definition) is 1. The average Bonchev–Trinajstić information content (AvgIpc) is 3.05. The van der Waals surface area contributed by atoms with Gasteiger partial charge in [0, 0.05) is 29.5 Å². The fourth-order valence-corrected chi connectivity index (χ4v) is 3.35. The third-order valence-corrected chi connectivity index (χ3v) is 4.80. The number of fused-ring (bicyclic) bond motifs is 1. The minimum atomic E-state index is -0.215. The summed E-state index contributed by atoms with van der Waals surface area (Å²) in [6.45, 7) is 0.735. The molecule has 28 heavy (non-hydrogen) atoms.